The van der Waals surface area contributed by atoms with E-state index in [4.69, 9.17) is 4.74 Å². The van der Waals surface area contributed by atoms with E-state index < -0.39 is 46.3 Å². The van der Waals surface area contributed by atoms with Crippen LogP contribution in [0.4, 0.5) is 0 Å². The summed E-state index contributed by atoms with van der Waals surface area (Å²) in [6, 6.07) is 0. The van der Waals surface area contributed by atoms with Crippen LogP contribution < -0.4 is 0 Å². The first kappa shape index (κ1) is 36.2. The molecule has 2 aliphatic carbocycles. The van der Waals surface area contributed by atoms with Gasteiger partial charge in [0.05, 0.1) is 5.41 Å². The topological polar surface area (TPSA) is 97.7 Å². The van der Waals surface area contributed by atoms with E-state index in [1.807, 2.05) is 74.5 Å². The van der Waals surface area contributed by atoms with Crippen LogP contribution in [-0.4, -0.2) is 35.0 Å². The Hall–Kier alpha value is -3.02. The van der Waals surface area contributed by atoms with Crippen molar-refractivity contribution in [1.29, 1.82) is 0 Å². The van der Waals surface area contributed by atoms with Crippen LogP contribution in [0.2, 0.25) is 0 Å². The molecule has 2 aliphatic rings. The average Bonchev–Trinajstić information content (AvgIpc) is 2.88. The molecule has 0 aromatic rings. The highest BCUT2D eigenvalue weighted by Gasteiger charge is 2.76. The van der Waals surface area contributed by atoms with Gasteiger partial charge in [-0.25, -0.2) is 4.79 Å². The lowest BCUT2D eigenvalue weighted by Gasteiger charge is -2.61. The van der Waals surface area contributed by atoms with E-state index in [9.17, 15) is 14.7 Å². The number of allylic oxidation sites excluding steroid dienone is 10. The number of carboxylic acid groups (broad SMARTS) is 1. The number of carbonyl (C=O) groups is 4. The molecule has 1 N–H and O–H groups in total. The van der Waals surface area contributed by atoms with Crippen LogP contribution in [0.3, 0.4) is 0 Å². The standard InChI is InChI=1S/C37H54O6/c1-23(2)13-12-19-35(11)28(16-14-24(3)4)21-36(20-18-26(7)8)33(43-22-30(38)39)29(17-15-25(5)6)32(41)37(35,34(36)42)31(40)27(9)10/h13-15,18,27-28H,12,16-17,19-22H2,1-11H3,(H,38,39)/t28-,35+,36+,37-/m0/s1. The Labute approximate surface area is 259 Å². The van der Waals surface area contributed by atoms with E-state index in [1.165, 1.54) is 0 Å². The number of fused-ring (bicyclic) bond motifs is 2. The van der Waals surface area contributed by atoms with E-state index in [2.05, 4.69) is 12.2 Å². The van der Waals surface area contributed by atoms with Crippen LogP contribution >= 0.6 is 0 Å². The van der Waals surface area contributed by atoms with Crippen LogP contribution in [0.15, 0.2) is 57.9 Å². The Morgan fingerprint density at radius 2 is 1.47 bits per heavy atom. The predicted molar refractivity (Wildman–Crippen MR) is 172 cm³/mol. The third kappa shape index (κ3) is 7.05. The summed E-state index contributed by atoms with van der Waals surface area (Å²) in [7, 11) is 0. The molecule has 0 unspecified atom stereocenters. The minimum atomic E-state index is -1.91. The van der Waals surface area contributed by atoms with E-state index in [0.29, 0.717) is 25.7 Å². The SMILES string of the molecule is CC(C)=CCC[C@]1(C)[C@@H](CC=C(C)C)C[C@@]2(CC=C(C)C)C(=O)[C@]1(C(=O)C(C)C)C(=O)C(CC=C(C)C)=C2OCC(=O)O. The van der Waals surface area contributed by atoms with Gasteiger partial charge in [-0.3, -0.25) is 14.4 Å². The molecule has 6 nitrogen and oxygen atoms in total. The van der Waals surface area contributed by atoms with Crippen molar-refractivity contribution in [3.05, 3.63) is 57.9 Å². The molecule has 2 bridgehead atoms. The lowest BCUT2D eigenvalue weighted by Crippen LogP contribution is -2.71. The van der Waals surface area contributed by atoms with E-state index in [-0.39, 0.29) is 35.9 Å². The van der Waals surface area contributed by atoms with Crippen molar-refractivity contribution in [3.8, 4) is 0 Å². The van der Waals surface area contributed by atoms with Crippen LogP contribution in [0.5, 0.6) is 0 Å². The molecule has 0 aliphatic heterocycles. The number of Topliss-reactive ketones (excluding diaryl/α,β-unsaturated/α-hetero) is 3. The minimum absolute atomic E-state index is 0.139. The first-order chi connectivity index (χ1) is 19.9. The fourth-order valence-corrected chi connectivity index (χ4v) is 7.05. The Morgan fingerprint density at radius 1 is 0.907 bits per heavy atom. The minimum Gasteiger partial charge on any atom is -0.485 e. The zero-order valence-corrected chi connectivity index (χ0v) is 28.4. The summed E-state index contributed by atoms with van der Waals surface area (Å²) in [5.74, 6) is -3.11. The van der Waals surface area contributed by atoms with Gasteiger partial charge in [-0.1, -0.05) is 67.4 Å². The van der Waals surface area contributed by atoms with Gasteiger partial charge >= 0.3 is 5.97 Å². The highest BCUT2D eigenvalue weighted by Crippen LogP contribution is 2.68. The van der Waals surface area contributed by atoms with Gasteiger partial charge in [0.2, 0.25) is 0 Å². The first-order valence-electron chi connectivity index (χ1n) is 15.6. The summed E-state index contributed by atoms with van der Waals surface area (Å²) >= 11 is 0. The van der Waals surface area contributed by atoms with Crippen molar-refractivity contribution >= 4 is 23.3 Å². The van der Waals surface area contributed by atoms with Crippen molar-refractivity contribution in [2.24, 2.45) is 28.1 Å². The zero-order chi connectivity index (χ0) is 32.9. The third-order valence-electron chi connectivity index (χ3n) is 9.29. The summed E-state index contributed by atoms with van der Waals surface area (Å²) < 4.78 is 6.04. The number of rotatable bonds is 14. The second-order valence-electron chi connectivity index (χ2n) is 14.1. The third-order valence-corrected chi connectivity index (χ3v) is 9.29. The zero-order valence-electron chi connectivity index (χ0n) is 28.4. The van der Waals surface area contributed by atoms with Gasteiger partial charge in [0, 0.05) is 11.5 Å². The molecule has 0 amide bonds. The Morgan fingerprint density at radius 3 is 1.95 bits per heavy atom. The maximum atomic E-state index is 15.4. The molecule has 0 radical (unpaired) electrons. The Bertz CT molecular complexity index is 1270. The second kappa shape index (κ2) is 14.2. The summed E-state index contributed by atoms with van der Waals surface area (Å²) in [5, 5.41) is 9.63. The number of carbonyl (C=O) groups excluding carboxylic acids is 3. The maximum Gasteiger partial charge on any atom is 0.341 e. The van der Waals surface area contributed by atoms with Gasteiger partial charge in [0.1, 0.15) is 5.76 Å². The van der Waals surface area contributed by atoms with Crippen molar-refractivity contribution in [1.82, 2.24) is 0 Å². The van der Waals surface area contributed by atoms with E-state index >= 15 is 9.59 Å². The Kier molecular flexibility index (Phi) is 11.9. The fourth-order valence-electron chi connectivity index (χ4n) is 7.05. The molecule has 238 valence electrons. The summed E-state index contributed by atoms with van der Waals surface area (Å²) in [4.78, 5) is 57.0. The smallest absolute Gasteiger partial charge is 0.341 e. The molecule has 1 saturated carbocycles. The van der Waals surface area contributed by atoms with Crippen LogP contribution in [0.25, 0.3) is 0 Å². The van der Waals surface area contributed by atoms with Crippen LogP contribution in [-0.2, 0) is 23.9 Å². The highest BCUT2D eigenvalue weighted by atomic mass is 16.5. The molecule has 0 spiro atoms. The molecule has 0 aromatic heterocycles. The van der Waals surface area contributed by atoms with E-state index in [0.717, 1.165) is 22.3 Å². The quantitative estimate of drug-likeness (QED) is 0.160. The summed E-state index contributed by atoms with van der Waals surface area (Å²) in [5.41, 5.74) is 0.242. The lowest BCUT2D eigenvalue weighted by atomic mass is 9.38. The molecule has 4 atom stereocenters. The van der Waals surface area contributed by atoms with Gasteiger partial charge in [-0.2, -0.15) is 0 Å². The highest BCUT2D eigenvalue weighted by molar-refractivity contribution is 6.33. The van der Waals surface area contributed by atoms with Gasteiger partial charge < -0.3 is 9.84 Å². The van der Waals surface area contributed by atoms with Crippen molar-refractivity contribution in [2.75, 3.05) is 6.61 Å². The molecule has 0 saturated heterocycles. The van der Waals surface area contributed by atoms with Crippen LogP contribution in [0, 0.1) is 28.1 Å². The molecular formula is C37H54O6. The normalized spacial score (nSPS) is 26.6. The first-order valence-corrected chi connectivity index (χ1v) is 15.6. The average molecular weight is 595 g/mol. The predicted octanol–water partition coefficient (Wildman–Crippen LogP) is 8.53. The lowest BCUT2D eigenvalue weighted by molar-refractivity contribution is -0.182. The fraction of sp³-hybridized carbons (Fsp3) is 0.622. The van der Waals surface area contributed by atoms with Crippen molar-refractivity contribution in [3.63, 3.8) is 0 Å². The number of hydrogen-bond acceptors (Lipinski definition) is 5. The maximum absolute atomic E-state index is 15.4. The van der Waals surface area contributed by atoms with Gasteiger partial charge in [0.25, 0.3) is 0 Å². The molecule has 6 heteroatoms. The largest absolute Gasteiger partial charge is 0.485 e. The number of aliphatic carboxylic acids is 1. The summed E-state index contributed by atoms with van der Waals surface area (Å²) in [6.45, 7) is 20.7. The summed E-state index contributed by atoms with van der Waals surface area (Å²) in [6.07, 6.45) is 10.6. The number of hydrogen-bond donors (Lipinski definition) is 1. The monoisotopic (exact) mass is 594 g/mol. The second-order valence-corrected chi connectivity index (χ2v) is 14.1. The molecule has 0 heterocycles. The van der Waals surface area contributed by atoms with Crippen molar-refractivity contribution in [2.45, 2.75) is 115 Å². The number of ketones is 3. The number of ether oxygens (including phenoxy) is 1. The molecular weight excluding hydrogens is 540 g/mol. The van der Waals surface area contributed by atoms with E-state index in [1.54, 1.807) is 13.8 Å². The van der Waals surface area contributed by atoms with Crippen molar-refractivity contribution < 1.29 is 29.0 Å². The van der Waals surface area contributed by atoms with Gasteiger partial charge in [-0.15, -0.1) is 0 Å². The van der Waals surface area contributed by atoms with Gasteiger partial charge in [-0.05, 0) is 105 Å². The molecule has 0 aromatic carbocycles. The van der Waals surface area contributed by atoms with Crippen LogP contribution in [0.1, 0.15) is 115 Å². The number of carboxylic acids is 1. The molecule has 43 heavy (non-hydrogen) atoms. The van der Waals surface area contributed by atoms with Gasteiger partial charge in [0.15, 0.2) is 29.4 Å². The Balaban J connectivity index is 3.20. The molecule has 2 rings (SSSR count). The molecule has 1 fully saturated rings.